The molecule has 9 aromatic carbocycles. The summed E-state index contributed by atoms with van der Waals surface area (Å²) in [6, 6.07) is 62.3. The van der Waals surface area contributed by atoms with Gasteiger partial charge in [-0.1, -0.05) is 164 Å². The highest BCUT2D eigenvalue weighted by Crippen LogP contribution is 2.45. The highest BCUT2D eigenvalue weighted by Gasteiger charge is 2.17. The SMILES string of the molecule is c1ccc(-c2ccc(-c3c4ccccc4c(-c4ccc5ccc6ccc7ccccc7c6c5c4)c4ccccc34)cc2)cc1. The molecular formula is C44H28. The standard InChI is InChI=1S/C44H28/c1-2-10-29(11-3-1)30-18-23-34(24-19-30)43-37-14-6-8-16-39(37)44(40-17-9-7-15-38(40)43)35-27-22-32-21-26-33-25-20-31-12-4-5-13-36(31)42(33)41(32)28-35/h1-28H. The molecule has 0 atom stereocenters. The van der Waals surface area contributed by atoms with Crippen molar-refractivity contribution in [1.29, 1.82) is 0 Å². The maximum absolute atomic E-state index is 2.42. The number of benzene rings is 9. The summed E-state index contributed by atoms with van der Waals surface area (Å²) >= 11 is 0. The van der Waals surface area contributed by atoms with Gasteiger partial charge in [-0.25, -0.2) is 0 Å². The van der Waals surface area contributed by atoms with Crippen LogP contribution in [0.3, 0.4) is 0 Å². The van der Waals surface area contributed by atoms with Crippen molar-refractivity contribution in [2.45, 2.75) is 0 Å². The van der Waals surface area contributed by atoms with Gasteiger partial charge >= 0.3 is 0 Å². The monoisotopic (exact) mass is 556 g/mol. The normalized spacial score (nSPS) is 11.6. The summed E-state index contributed by atoms with van der Waals surface area (Å²) in [6.45, 7) is 0. The van der Waals surface area contributed by atoms with Crippen LogP contribution in [0.5, 0.6) is 0 Å². The van der Waals surface area contributed by atoms with Crippen LogP contribution in [0.25, 0.3) is 87.2 Å². The smallest absolute Gasteiger partial charge is 0.00261 e. The van der Waals surface area contributed by atoms with E-state index in [-0.39, 0.29) is 0 Å². The Morgan fingerprint density at radius 1 is 0.227 bits per heavy atom. The molecule has 0 aromatic heterocycles. The van der Waals surface area contributed by atoms with Crippen LogP contribution < -0.4 is 0 Å². The Kier molecular flexibility index (Phi) is 5.61. The van der Waals surface area contributed by atoms with Gasteiger partial charge in [0, 0.05) is 0 Å². The Bertz CT molecular complexity index is 2460. The van der Waals surface area contributed by atoms with Gasteiger partial charge in [0.1, 0.15) is 0 Å². The van der Waals surface area contributed by atoms with E-state index in [1.54, 1.807) is 0 Å². The van der Waals surface area contributed by atoms with E-state index >= 15 is 0 Å². The van der Waals surface area contributed by atoms with Gasteiger partial charge in [-0.3, -0.25) is 0 Å². The Morgan fingerprint density at radius 3 is 1.27 bits per heavy atom. The van der Waals surface area contributed by atoms with Gasteiger partial charge in [-0.15, -0.1) is 0 Å². The number of rotatable bonds is 3. The Labute approximate surface area is 256 Å². The predicted molar refractivity (Wildman–Crippen MR) is 190 cm³/mol. The van der Waals surface area contributed by atoms with Gasteiger partial charge < -0.3 is 0 Å². The minimum absolute atomic E-state index is 1.23. The predicted octanol–water partition coefficient (Wildman–Crippen LogP) is 12.5. The molecule has 0 radical (unpaired) electrons. The van der Waals surface area contributed by atoms with Crippen molar-refractivity contribution in [2.24, 2.45) is 0 Å². The average molecular weight is 557 g/mol. The van der Waals surface area contributed by atoms with Crippen molar-refractivity contribution in [3.05, 3.63) is 170 Å². The first-order chi connectivity index (χ1) is 21.8. The summed E-state index contributed by atoms with van der Waals surface area (Å²) in [5.41, 5.74) is 7.53. The lowest BCUT2D eigenvalue weighted by Gasteiger charge is -2.18. The molecule has 9 aromatic rings. The van der Waals surface area contributed by atoms with E-state index in [1.807, 2.05) is 0 Å². The third kappa shape index (κ3) is 3.85. The fourth-order valence-corrected chi connectivity index (χ4v) is 7.19. The zero-order chi connectivity index (χ0) is 29.0. The largest absolute Gasteiger partial charge is 0.0622 e. The van der Waals surface area contributed by atoms with Crippen molar-refractivity contribution < 1.29 is 0 Å². The van der Waals surface area contributed by atoms with Gasteiger partial charge in [-0.05, 0) is 93.3 Å². The molecule has 0 spiro atoms. The van der Waals surface area contributed by atoms with Gasteiger partial charge in [0.25, 0.3) is 0 Å². The average Bonchev–Trinajstić information content (AvgIpc) is 3.10. The van der Waals surface area contributed by atoms with Crippen LogP contribution in [0.1, 0.15) is 0 Å². The summed E-state index contributed by atoms with van der Waals surface area (Å²) in [4.78, 5) is 0. The Hall–Kier alpha value is -5.72. The van der Waals surface area contributed by atoms with Crippen LogP contribution in [0, 0.1) is 0 Å². The summed E-state index contributed by atoms with van der Waals surface area (Å²) in [7, 11) is 0. The van der Waals surface area contributed by atoms with Crippen molar-refractivity contribution in [2.75, 3.05) is 0 Å². The zero-order valence-corrected chi connectivity index (χ0v) is 24.2. The molecular weight excluding hydrogens is 528 g/mol. The van der Waals surface area contributed by atoms with E-state index in [0.29, 0.717) is 0 Å². The summed E-state index contributed by atoms with van der Waals surface area (Å²) in [5.74, 6) is 0. The number of hydrogen-bond acceptors (Lipinski definition) is 0. The molecule has 0 aliphatic heterocycles. The van der Waals surface area contributed by atoms with E-state index in [0.717, 1.165) is 0 Å². The molecule has 0 amide bonds. The van der Waals surface area contributed by atoms with Crippen LogP contribution >= 0.6 is 0 Å². The van der Waals surface area contributed by atoms with E-state index in [1.165, 1.54) is 87.2 Å². The Morgan fingerprint density at radius 2 is 0.636 bits per heavy atom. The molecule has 0 saturated heterocycles. The van der Waals surface area contributed by atoms with Crippen molar-refractivity contribution in [3.63, 3.8) is 0 Å². The van der Waals surface area contributed by atoms with Crippen LogP contribution in [0.4, 0.5) is 0 Å². The zero-order valence-electron chi connectivity index (χ0n) is 24.2. The molecule has 0 heteroatoms. The summed E-state index contributed by atoms with van der Waals surface area (Å²) < 4.78 is 0. The number of hydrogen-bond donors (Lipinski definition) is 0. The first kappa shape index (κ1) is 24.8. The Balaban J connectivity index is 1.32. The second kappa shape index (κ2) is 9.93. The second-order valence-electron chi connectivity index (χ2n) is 11.7. The summed E-state index contributed by atoms with van der Waals surface area (Å²) in [6.07, 6.45) is 0. The van der Waals surface area contributed by atoms with Crippen LogP contribution in [0.2, 0.25) is 0 Å². The van der Waals surface area contributed by atoms with E-state index in [4.69, 9.17) is 0 Å². The molecule has 0 aliphatic rings. The van der Waals surface area contributed by atoms with Gasteiger partial charge in [0.05, 0.1) is 0 Å². The molecule has 0 nitrogen and oxygen atoms in total. The van der Waals surface area contributed by atoms with Gasteiger partial charge in [-0.2, -0.15) is 0 Å². The highest BCUT2D eigenvalue weighted by molar-refractivity contribution is 6.24. The van der Waals surface area contributed by atoms with Crippen molar-refractivity contribution in [3.8, 4) is 33.4 Å². The van der Waals surface area contributed by atoms with Crippen LogP contribution in [-0.4, -0.2) is 0 Å². The van der Waals surface area contributed by atoms with Crippen molar-refractivity contribution in [1.82, 2.24) is 0 Å². The third-order valence-electron chi connectivity index (χ3n) is 9.23. The van der Waals surface area contributed by atoms with E-state index in [2.05, 4.69) is 170 Å². The lowest BCUT2D eigenvalue weighted by Crippen LogP contribution is -1.91. The van der Waals surface area contributed by atoms with Crippen molar-refractivity contribution >= 4 is 53.9 Å². The second-order valence-corrected chi connectivity index (χ2v) is 11.7. The van der Waals surface area contributed by atoms with Crippen LogP contribution in [-0.2, 0) is 0 Å². The minimum Gasteiger partial charge on any atom is -0.0622 e. The van der Waals surface area contributed by atoms with Crippen LogP contribution in [0.15, 0.2) is 170 Å². The molecule has 0 N–H and O–H groups in total. The molecule has 0 aliphatic carbocycles. The van der Waals surface area contributed by atoms with E-state index in [9.17, 15) is 0 Å². The molecule has 0 bridgehead atoms. The number of fused-ring (bicyclic) bond motifs is 7. The maximum atomic E-state index is 2.42. The van der Waals surface area contributed by atoms with Gasteiger partial charge in [0.15, 0.2) is 0 Å². The minimum atomic E-state index is 1.23. The van der Waals surface area contributed by atoms with Gasteiger partial charge in [0.2, 0.25) is 0 Å². The summed E-state index contributed by atoms with van der Waals surface area (Å²) in [5, 5.41) is 12.8. The molecule has 44 heavy (non-hydrogen) atoms. The molecule has 0 unspecified atom stereocenters. The molecule has 9 rings (SSSR count). The lowest BCUT2D eigenvalue weighted by atomic mass is 9.85. The van der Waals surface area contributed by atoms with E-state index < -0.39 is 0 Å². The fraction of sp³-hybridized carbons (Fsp3) is 0. The first-order valence-corrected chi connectivity index (χ1v) is 15.3. The maximum Gasteiger partial charge on any atom is -0.00261 e. The quantitative estimate of drug-likeness (QED) is 0.150. The third-order valence-corrected chi connectivity index (χ3v) is 9.23. The molecule has 0 saturated carbocycles. The topological polar surface area (TPSA) is 0 Å². The molecule has 0 heterocycles. The molecule has 204 valence electrons. The lowest BCUT2D eigenvalue weighted by molar-refractivity contribution is 1.61. The molecule has 0 fully saturated rings. The highest BCUT2D eigenvalue weighted by atomic mass is 14.2. The first-order valence-electron chi connectivity index (χ1n) is 15.3. The fourth-order valence-electron chi connectivity index (χ4n) is 7.19.